The molecule has 77 heavy (non-hydrogen) atoms. The third kappa shape index (κ3) is 13.9. The highest BCUT2D eigenvalue weighted by Gasteiger charge is 2.55. The first-order valence-electron chi connectivity index (χ1n) is 27.2. The molecule has 21 heteroatoms. The number of aliphatic hydroxyl groups is 3. The van der Waals surface area contributed by atoms with Crippen molar-refractivity contribution < 1.29 is 87.0 Å². The van der Waals surface area contributed by atoms with Crippen molar-refractivity contribution in [2.24, 2.45) is 23.7 Å². The van der Waals surface area contributed by atoms with Gasteiger partial charge in [-0.15, -0.1) is 0 Å². The third-order valence-corrected chi connectivity index (χ3v) is 16.6. The Kier molecular flexibility index (Phi) is 20.6. The summed E-state index contributed by atoms with van der Waals surface area (Å²) in [6.45, 7) is 17.0. The van der Waals surface area contributed by atoms with E-state index in [2.05, 4.69) is 0 Å². The summed E-state index contributed by atoms with van der Waals surface area (Å²) >= 11 is 0. The number of ketones is 1. The summed E-state index contributed by atoms with van der Waals surface area (Å²) in [5, 5.41) is 45.1. The lowest BCUT2D eigenvalue weighted by Crippen LogP contribution is -2.61. The molecule has 0 amide bonds. The van der Waals surface area contributed by atoms with E-state index in [1.165, 1.54) is 40.3 Å². The van der Waals surface area contributed by atoms with E-state index < -0.39 is 119 Å². The summed E-state index contributed by atoms with van der Waals surface area (Å²) in [6, 6.07) is 4.78. The molecule has 0 radical (unpaired) electrons. The number of ether oxygens (including phenoxy) is 10. The molecule has 4 fully saturated rings. The molecule has 2 aromatic rings. The number of likely N-dealkylation sites (N-methyl/N-ethyl adjacent to an activating group) is 1. The Bertz CT molecular complexity index is 2430. The lowest BCUT2D eigenvalue weighted by molar-refractivity contribution is -0.320. The lowest BCUT2D eigenvalue weighted by atomic mass is 9.74. The number of esters is 2. The molecule has 4 aliphatic rings. The van der Waals surface area contributed by atoms with Gasteiger partial charge >= 0.3 is 17.9 Å². The predicted molar refractivity (Wildman–Crippen MR) is 279 cm³/mol. The van der Waals surface area contributed by atoms with Gasteiger partial charge in [-0.3, -0.25) is 19.2 Å². The van der Waals surface area contributed by atoms with Crippen LogP contribution in [-0.4, -0.2) is 186 Å². The standard InChI is InChI=1S/C56H86N2O19/c1-15-41-56(10,67)48(63)31(4)44(60)29(2)26-54(8,68-13)49(77-53-46(62)40(57(11)12)24-30(3)72-53)32(5)47(33(6)52(66)74-41)76-43-27-55(9,69-14)50(34(7)73-43)75-42(59)20-21-70-22-23-71-36-18-19-39-37(25-36)45(61)38(51(64)65)28-58(39)35-16-17-35/h18-19,25,28-35,40-41,43,46-50,53,62-63,67H,15-17,20-24,26-27H2,1-14H3,(H,64,65)/t29-,30?,31-,32+,33+,34-,40-,41-,43+,46-,47+,48+,49-,50+,53?,54?,55+,56?/m0/s1. The average Bonchev–Trinajstić information content (AvgIpc) is 4.28. The van der Waals surface area contributed by atoms with Gasteiger partial charge in [-0.1, -0.05) is 27.7 Å². The van der Waals surface area contributed by atoms with Gasteiger partial charge in [0.1, 0.15) is 47.1 Å². The van der Waals surface area contributed by atoms with Crippen LogP contribution in [0.3, 0.4) is 0 Å². The number of Topliss-reactive ketones (excluding diaryl/α,β-unsaturated/α-hetero) is 1. The van der Waals surface area contributed by atoms with E-state index in [0.717, 1.165) is 12.8 Å². The number of aromatic nitrogens is 1. The molecule has 0 bridgehead atoms. The van der Waals surface area contributed by atoms with Crippen molar-refractivity contribution in [2.45, 2.75) is 204 Å². The second-order valence-corrected chi connectivity index (χ2v) is 22.8. The molecule has 434 valence electrons. The molecule has 3 aliphatic heterocycles. The molecule has 4 unspecified atom stereocenters. The highest BCUT2D eigenvalue weighted by atomic mass is 16.7. The van der Waals surface area contributed by atoms with Gasteiger partial charge < -0.3 is 77.3 Å². The van der Waals surface area contributed by atoms with Crippen molar-refractivity contribution in [3.8, 4) is 5.75 Å². The number of aliphatic hydroxyl groups excluding tert-OH is 2. The molecule has 0 spiro atoms. The number of aromatic carboxylic acids is 1. The summed E-state index contributed by atoms with van der Waals surface area (Å²) < 4.78 is 64.5. The zero-order valence-corrected chi connectivity index (χ0v) is 47.4. The minimum absolute atomic E-state index is 0.00683. The summed E-state index contributed by atoms with van der Waals surface area (Å²) in [7, 11) is 6.68. The number of hydrogen-bond donors (Lipinski definition) is 4. The number of methoxy groups -OCH3 is 2. The largest absolute Gasteiger partial charge is 0.491 e. The third-order valence-electron chi connectivity index (χ3n) is 16.6. The van der Waals surface area contributed by atoms with E-state index in [-0.39, 0.29) is 80.4 Å². The van der Waals surface area contributed by atoms with Gasteiger partial charge in [0.05, 0.1) is 72.6 Å². The van der Waals surface area contributed by atoms with E-state index in [4.69, 9.17) is 47.4 Å². The number of carboxylic acid groups (broad SMARTS) is 1. The molecular weight excluding hydrogens is 1000 g/mol. The maximum Gasteiger partial charge on any atom is 0.341 e. The topological polar surface area (TPSA) is 267 Å². The van der Waals surface area contributed by atoms with Crippen LogP contribution >= 0.6 is 0 Å². The van der Waals surface area contributed by atoms with Gasteiger partial charge in [0, 0.05) is 56.7 Å². The highest BCUT2D eigenvalue weighted by Crippen LogP contribution is 2.43. The summed E-state index contributed by atoms with van der Waals surface area (Å²) in [6.07, 6.45) is -6.75. The van der Waals surface area contributed by atoms with Gasteiger partial charge in [-0.2, -0.15) is 0 Å². The Labute approximate surface area is 452 Å². The lowest BCUT2D eigenvalue weighted by Gasteiger charge is -2.50. The number of benzene rings is 1. The van der Waals surface area contributed by atoms with Gasteiger partial charge in [0.15, 0.2) is 18.7 Å². The molecule has 4 N–H and O–H groups in total. The van der Waals surface area contributed by atoms with Crippen molar-refractivity contribution in [1.82, 2.24) is 9.47 Å². The number of hydrogen-bond acceptors (Lipinski definition) is 19. The van der Waals surface area contributed by atoms with Crippen molar-refractivity contribution >= 4 is 34.6 Å². The number of pyridine rings is 1. The van der Waals surface area contributed by atoms with E-state index in [9.17, 15) is 44.4 Å². The van der Waals surface area contributed by atoms with Gasteiger partial charge in [-0.25, -0.2) is 4.79 Å². The second-order valence-electron chi connectivity index (χ2n) is 22.8. The molecule has 1 aliphatic carbocycles. The van der Waals surface area contributed by atoms with Crippen LogP contribution in [0, 0.1) is 23.7 Å². The Morgan fingerprint density at radius 2 is 1.53 bits per heavy atom. The number of cyclic esters (lactones) is 1. The Hall–Kier alpha value is -4.13. The van der Waals surface area contributed by atoms with Crippen LogP contribution in [0.1, 0.15) is 131 Å². The van der Waals surface area contributed by atoms with Crippen molar-refractivity contribution in [3.63, 3.8) is 0 Å². The van der Waals surface area contributed by atoms with Crippen LogP contribution in [0.4, 0.5) is 0 Å². The minimum Gasteiger partial charge on any atom is -0.491 e. The molecule has 1 saturated carbocycles. The summed E-state index contributed by atoms with van der Waals surface area (Å²) in [4.78, 5) is 69.0. The number of carbonyl (C=O) groups is 4. The molecule has 6 rings (SSSR count). The smallest absolute Gasteiger partial charge is 0.341 e. The van der Waals surface area contributed by atoms with Crippen molar-refractivity contribution in [1.29, 1.82) is 0 Å². The number of nitrogens with zero attached hydrogens (tertiary/aromatic N) is 2. The zero-order chi connectivity index (χ0) is 57.1. The maximum absolute atomic E-state index is 14.6. The normalized spacial score (nSPS) is 37.8. The van der Waals surface area contributed by atoms with Crippen LogP contribution in [0.2, 0.25) is 0 Å². The number of rotatable bonds is 18. The minimum atomic E-state index is -2.04. The Morgan fingerprint density at radius 3 is 2.14 bits per heavy atom. The molecule has 1 aromatic heterocycles. The Morgan fingerprint density at radius 1 is 0.870 bits per heavy atom. The maximum atomic E-state index is 14.6. The SMILES string of the molecule is CC[C@@H]1OC(=O)[C@H](C)[C@H](O[C@@H]2C[C@@](C)(OC)[C@H](OC(=O)CCOCCOc3ccc4c(c3)c(=O)c(C(=O)O)cn4C3CC3)[C@H](C)O2)[C@@H](C)[C@H](OC2OC(C)C[C@H](N(C)C)[C@@H]2O)C(C)(OC)C[C@H](C)C(=O)[C@H](C)[C@@H](O)C1(C)O. The molecule has 3 saturated heterocycles. The van der Waals surface area contributed by atoms with Crippen LogP contribution in [0.25, 0.3) is 10.9 Å². The molecule has 1 aromatic carbocycles. The average molecular weight is 1090 g/mol. The monoisotopic (exact) mass is 1090 g/mol. The van der Waals surface area contributed by atoms with Crippen molar-refractivity contribution in [2.75, 3.05) is 48.1 Å². The highest BCUT2D eigenvalue weighted by molar-refractivity contribution is 5.93. The molecule has 21 nitrogen and oxygen atoms in total. The van der Waals surface area contributed by atoms with Gasteiger partial charge in [0.2, 0.25) is 5.43 Å². The number of carboxylic acids is 1. The Balaban J connectivity index is 1.18. The van der Waals surface area contributed by atoms with Gasteiger partial charge in [0.25, 0.3) is 0 Å². The molecule has 4 heterocycles. The van der Waals surface area contributed by atoms with E-state index in [1.807, 2.05) is 37.4 Å². The summed E-state index contributed by atoms with van der Waals surface area (Å²) in [5.41, 5.74) is -4.84. The van der Waals surface area contributed by atoms with Crippen LogP contribution in [0.5, 0.6) is 5.75 Å². The fourth-order valence-corrected chi connectivity index (χ4v) is 11.7. The van der Waals surface area contributed by atoms with E-state index >= 15 is 0 Å². The van der Waals surface area contributed by atoms with E-state index in [0.29, 0.717) is 17.7 Å². The predicted octanol–water partition coefficient (Wildman–Crippen LogP) is 4.82. The quantitative estimate of drug-likeness (QED) is 0.115. The van der Waals surface area contributed by atoms with Crippen LogP contribution in [0.15, 0.2) is 29.2 Å². The van der Waals surface area contributed by atoms with E-state index in [1.54, 1.807) is 53.7 Å². The van der Waals surface area contributed by atoms with Crippen LogP contribution in [-0.2, 0) is 57.0 Å². The second kappa shape index (κ2) is 25.5. The molecule has 18 atom stereocenters. The van der Waals surface area contributed by atoms with Crippen LogP contribution < -0.4 is 10.2 Å². The fraction of sp³-hybridized carbons (Fsp3) is 0.768. The first-order chi connectivity index (χ1) is 36.1. The fourth-order valence-electron chi connectivity index (χ4n) is 11.7. The number of carbonyl (C=O) groups excluding carboxylic acids is 3. The first-order valence-corrected chi connectivity index (χ1v) is 27.2. The van der Waals surface area contributed by atoms with Crippen molar-refractivity contribution in [3.05, 3.63) is 40.2 Å². The number of fused-ring (bicyclic) bond motifs is 1. The molecular formula is C56H86N2O19. The zero-order valence-electron chi connectivity index (χ0n) is 47.4. The summed E-state index contributed by atoms with van der Waals surface area (Å²) in [5.74, 6) is -6.42. The van der Waals surface area contributed by atoms with Gasteiger partial charge in [-0.05, 0) is 106 Å². The first kappa shape index (κ1) is 62.1.